The highest BCUT2D eigenvalue weighted by Gasteiger charge is 2.27. The third-order valence-corrected chi connectivity index (χ3v) is 2.69. The van der Waals surface area contributed by atoms with E-state index in [9.17, 15) is 4.79 Å². The molecule has 1 N–H and O–H groups in total. The van der Waals surface area contributed by atoms with Crippen LogP contribution in [-0.2, 0) is 14.3 Å². The molecule has 0 saturated carbocycles. The molecule has 4 nitrogen and oxygen atoms in total. The second-order valence-corrected chi connectivity index (χ2v) is 4.13. The first-order valence-electron chi connectivity index (χ1n) is 5.00. The Morgan fingerprint density at radius 1 is 1.50 bits per heavy atom. The van der Waals surface area contributed by atoms with Crippen LogP contribution in [0.2, 0.25) is 0 Å². The third kappa shape index (κ3) is 3.64. The first-order valence-corrected chi connectivity index (χ1v) is 5.00. The third-order valence-electron chi connectivity index (χ3n) is 2.69. The van der Waals surface area contributed by atoms with E-state index in [2.05, 4.69) is 12.2 Å². The van der Waals surface area contributed by atoms with Gasteiger partial charge in [-0.15, -0.1) is 0 Å². The van der Waals surface area contributed by atoms with Crippen molar-refractivity contribution in [1.29, 1.82) is 0 Å². The second-order valence-electron chi connectivity index (χ2n) is 4.13. The summed E-state index contributed by atoms with van der Waals surface area (Å²) in [5, 5.41) is 2.87. The fraction of sp³-hybridized carbons (Fsp3) is 0.900. The number of carbonyl (C=O) groups is 1. The Morgan fingerprint density at radius 3 is 2.71 bits per heavy atom. The van der Waals surface area contributed by atoms with Crippen molar-refractivity contribution in [3.05, 3.63) is 0 Å². The van der Waals surface area contributed by atoms with Crippen LogP contribution in [0.25, 0.3) is 0 Å². The summed E-state index contributed by atoms with van der Waals surface area (Å²) in [4.78, 5) is 11.2. The van der Waals surface area contributed by atoms with Gasteiger partial charge in [-0.25, -0.2) is 0 Å². The molecule has 0 bridgehead atoms. The van der Waals surface area contributed by atoms with Crippen LogP contribution < -0.4 is 5.32 Å². The molecule has 4 heteroatoms. The molecule has 82 valence electrons. The molecule has 0 aromatic rings. The number of hydrogen-bond donors (Lipinski definition) is 1. The van der Waals surface area contributed by atoms with E-state index in [1.807, 2.05) is 0 Å². The molecule has 1 amide bonds. The van der Waals surface area contributed by atoms with E-state index in [0.717, 1.165) is 32.6 Å². The average molecular weight is 201 g/mol. The van der Waals surface area contributed by atoms with Gasteiger partial charge >= 0.3 is 0 Å². The lowest BCUT2D eigenvalue weighted by Crippen LogP contribution is -2.40. The fourth-order valence-corrected chi connectivity index (χ4v) is 1.54. The van der Waals surface area contributed by atoms with Crippen molar-refractivity contribution in [1.82, 2.24) is 5.32 Å². The van der Waals surface area contributed by atoms with Gasteiger partial charge in [0.25, 0.3) is 0 Å². The van der Waals surface area contributed by atoms with Gasteiger partial charge in [0.05, 0.1) is 0 Å². The van der Waals surface area contributed by atoms with E-state index in [1.165, 1.54) is 7.11 Å². The smallest absolute Gasteiger partial charge is 0.246 e. The number of hydrogen-bond acceptors (Lipinski definition) is 3. The Hall–Kier alpha value is -0.610. The van der Waals surface area contributed by atoms with Crippen LogP contribution in [0.1, 0.15) is 19.8 Å². The summed E-state index contributed by atoms with van der Waals surface area (Å²) in [5.41, 5.74) is 0.196. The van der Waals surface area contributed by atoms with Crippen LogP contribution in [0, 0.1) is 5.41 Å². The zero-order chi connectivity index (χ0) is 10.4. The zero-order valence-electron chi connectivity index (χ0n) is 8.97. The summed E-state index contributed by atoms with van der Waals surface area (Å²) in [6, 6.07) is 0. The average Bonchev–Trinajstić information content (AvgIpc) is 2.17. The number of carbonyl (C=O) groups excluding carboxylic acids is 1. The molecule has 1 aliphatic heterocycles. The van der Waals surface area contributed by atoms with Crippen LogP contribution in [0.5, 0.6) is 0 Å². The van der Waals surface area contributed by atoms with Crippen LogP contribution in [-0.4, -0.2) is 39.4 Å². The molecule has 0 aliphatic carbocycles. The van der Waals surface area contributed by atoms with E-state index in [4.69, 9.17) is 9.47 Å². The highest BCUT2D eigenvalue weighted by atomic mass is 16.5. The molecular formula is C10H19NO3. The largest absolute Gasteiger partial charge is 0.381 e. The molecule has 1 fully saturated rings. The molecule has 0 spiro atoms. The van der Waals surface area contributed by atoms with Gasteiger partial charge < -0.3 is 14.8 Å². The SMILES string of the molecule is COCC(=O)NCC1(C)CCOCC1. The van der Waals surface area contributed by atoms with Gasteiger partial charge in [0, 0.05) is 26.9 Å². The molecule has 0 aromatic carbocycles. The first-order chi connectivity index (χ1) is 6.66. The Morgan fingerprint density at radius 2 is 2.14 bits per heavy atom. The van der Waals surface area contributed by atoms with E-state index < -0.39 is 0 Å². The molecule has 14 heavy (non-hydrogen) atoms. The maximum Gasteiger partial charge on any atom is 0.246 e. The highest BCUT2D eigenvalue weighted by molar-refractivity contribution is 5.77. The monoisotopic (exact) mass is 201 g/mol. The Kier molecular flexibility index (Phi) is 4.35. The van der Waals surface area contributed by atoms with Gasteiger partial charge in [0.2, 0.25) is 5.91 Å². The predicted octanol–water partition coefficient (Wildman–Crippen LogP) is 0.566. The molecular weight excluding hydrogens is 182 g/mol. The van der Waals surface area contributed by atoms with Gasteiger partial charge in [-0.05, 0) is 18.3 Å². The molecule has 0 aromatic heterocycles. The van der Waals surface area contributed by atoms with Crippen LogP contribution in [0.3, 0.4) is 0 Å². The van der Waals surface area contributed by atoms with Crippen molar-refractivity contribution in [2.75, 3.05) is 33.5 Å². The lowest BCUT2D eigenvalue weighted by atomic mass is 9.82. The molecule has 1 rings (SSSR count). The van der Waals surface area contributed by atoms with E-state index in [0.29, 0.717) is 0 Å². The summed E-state index contributed by atoms with van der Waals surface area (Å²) >= 11 is 0. The van der Waals surface area contributed by atoms with Crippen molar-refractivity contribution in [3.63, 3.8) is 0 Å². The molecule has 1 aliphatic rings. The van der Waals surface area contributed by atoms with Crippen LogP contribution in [0.4, 0.5) is 0 Å². The Labute approximate surface area is 85.0 Å². The minimum absolute atomic E-state index is 0.0415. The first kappa shape index (κ1) is 11.5. The van der Waals surface area contributed by atoms with Crippen LogP contribution >= 0.6 is 0 Å². The molecule has 0 atom stereocenters. The minimum atomic E-state index is -0.0415. The summed E-state index contributed by atoms with van der Waals surface area (Å²) in [7, 11) is 1.52. The standard InChI is InChI=1S/C10H19NO3/c1-10(3-5-14-6-4-10)8-11-9(12)7-13-2/h3-8H2,1-2H3,(H,11,12). The predicted molar refractivity (Wildman–Crippen MR) is 53.0 cm³/mol. The maximum atomic E-state index is 11.2. The van der Waals surface area contributed by atoms with Crippen molar-refractivity contribution in [3.8, 4) is 0 Å². The summed E-state index contributed by atoms with van der Waals surface area (Å²) in [5.74, 6) is -0.0415. The van der Waals surface area contributed by atoms with Crippen molar-refractivity contribution < 1.29 is 14.3 Å². The normalized spacial score (nSPS) is 20.4. The number of ether oxygens (including phenoxy) is 2. The van der Waals surface area contributed by atoms with Gasteiger partial charge in [0.1, 0.15) is 6.61 Å². The highest BCUT2D eigenvalue weighted by Crippen LogP contribution is 2.28. The van der Waals surface area contributed by atoms with Gasteiger partial charge in [-0.1, -0.05) is 6.92 Å². The summed E-state index contributed by atoms with van der Waals surface area (Å²) in [6.07, 6.45) is 2.03. The molecule has 1 heterocycles. The van der Waals surface area contributed by atoms with Crippen molar-refractivity contribution >= 4 is 5.91 Å². The van der Waals surface area contributed by atoms with E-state index in [1.54, 1.807) is 0 Å². The Balaban J connectivity index is 2.24. The number of methoxy groups -OCH3 is 1. The van der Waals surface area contributed by atoms with Crippen molar-refractivity contribution in [2.24, 2.45) is 5.41 Å². The molecule has 0 radical (unpaired) electrons. The maximum absolute atomic E-state index is 11.2. The number of rotatable bonds is 4. The summed E-state index contributed by atoms with van der Waals surface area (Å²) < 4.78 is 10.0. The van der Waals surface area contributed by atoms with Gasteiger partial charge in [-0.3, -0.25) is 4.79 Å². The van der Waals surface area contributed by atoms with Crippen LogP contribution in [0.15, 0.2) is 0 Å². The van der Waals surface area contributed by atoms with E-state index >= 15 is 0 Å². The number of amides is 1. The van der Waals surface area contributed by atoms with Crippen molar-refractivity contribution in [2.45, 2.75) is 19.8 Å². The Bertz CT molecular complexity index is 188. The summed E-state index contributed by atoms with van der Waals surface area (Å²) in [6.45, 7) is 4.65. The lowest BCUT2D eigenvalue weighted by molar-refractivity contribution is -0.125. The number of nitrogens with one attached hydrogen (secondary N) is 1. The minimum Gasteiger partial charge on any atom is -0.381 e. The van der Waals surface area contributed by atoms with Gasteiger partial charge in [-0.2, -0.15) is 0 Å². The molecule has 1 saturated heterocycles. The van der Waals surface area contributed by atoms with E-state index in [-0.39, 0.29) is 17.9 Å². The molecule has 0 unspecified atom stereocenters. The zero-order valence-corrected chi connectivity index (χ0v) is 8.97. The van der Waals surface area contributed by atoms with Gasteiger partial charge in [0.15, 0.2) is 0 Å². The second kappa shape index (κ2) is 5.32. The quantitative estimate of drug-likeness (QED) is 0.723. The topological polar surface area (TPSA) is 47.6 Å². The lowest BCUT2D eigenvalue weighted by Gasteiger charge is -2.33. The fourth-order valence-electron chi connectivity index (χ4n) is 1.54.